The van der Waals surface area contributed by atoms with E-state index < -0.39 is 16.7 Å². The zero-order valence-corrected chi connectivity index (χ0v) is 9.70. The van der Waals surface area contributed by atoms with E-state index in [0.29, 0.717) is 5.69 Å². The monoisotopic (exact) mass is 265 g/mol. The number of carboxylic acid groups (broad SMARTS) is 1. The minimum Gasteiger partial charge on any atom is -0.476 e. The van der Waals surface area contributed by atoms with Crippen LogP contribution in [0.4, 0.5) is 10.1 Å². The summed E-state index contributed by atoms with van der Waals surface area (Å²) in [5, 5.41) is 23.0. The molecule has 8 heteroatoms. The number of nitro groups is 1. The predicted octanol–water partition coefficient (Wildman–Crippen LogP) is 1.93. The number of hydrogen-bond acceptors (Lipinski definition) is 4. The highest BCUT2D eigenvalue weighted by atomic mass is 19.1. The van der Waals surface area contributed by atoms with Crippen molar-refractivity contribution in [1.82, 2.24) is 9.78 Å². The van der Waals surface area contributed by atoms with E-state index in [1.165, 1.54) is 12.1 Å². The van der Waals surface area contributed by atoms with Crippen LogP contribution in [0.2, 0.25) is 0 Å². The van der Waals surface area contributed by atoms with Crippen LogP contribution < -0.4 is 0 Å². The van der Waals surface area contributed by atoms with Crippen molar-refractivity contribution in [2.75, 3.05) is 0 Å². The van der Waals surface area contributed by atoms with E-state index in [2.05, 4.69) is 5.10 Å². The molecule has 2 aromatic rings. The number of hydrogen-bond donors (Lipinski definition) is 1. The summed E-state index contributed by atoms with van der Waals surface area (Å²) in [4.78, 5) is 20.6. The van der Waals surface area contributed by atoms with Gasteiger partial charge in [0.25, 0.3) is 5.69 Å². The lowest BCUT2D eigenvalue weighted by Crippen LogP contribution is -2.04. The van der Waals surface area contributed by atoms with Crippen molar-refractivity contribution in [3.8, 4) is 5.69 Å². The summed E-state index contributed by atoms with van der Waals surface area (Å²) < 4.78 is 14.9. The van der Waals surface area contributed by atoms with Gasteiger partial charge in [-0.25, -0.2) is 13.9 Å². The number of halogens is 1. The molecule has 0 bridgehead atoms. The molecule has 7 nitrogen and oxygen atoms in total. The minimum atomic E-state index is -1.23. The number of aromatic carboxylic acids is 1. The van der Waals surface area contributed by atoms with E-state index in [9.17, 15) is 19.3 Å². The summed E-state index contributed by atoms with van der Waals surface area (Å²) in [6, 6.07) is 4.35. The molecule has 1 heterocycles. The molecule has 0 atom stereocenters. The third-order valence-corrected chi connectivity index (χ3v) is 2.48. The highest BCUT2D eigenvalue weighted by molar-refractivity contribution is 5.85. The van der Waals surface area contributed by atoms with Gasteiger partial charge >= 0.3 is 5.97 Å². The van der Waals surface area contributed by atoms with Crippen LogP contribution >= 0.6 is 0 Å². The molecule has 0 amide bonds. The molecule has 0 fully saturated rings. The third kappa shape index (κ3) is 2.28. The number of rotatable bonds is 3. The summed E-state index contributed by atoms with van der Waals surface area (Å²) in [6.07, 6.45) is 0. The molecule has 0 aliphatic heterocycles. The van der Waals surface area contributed by atoms with Crippen LogP contribution in [0.1, 0.15) is 16.2 Å². The number of non-ortho nitro benzene ring substituents is 1. The van der Waals surface area contributed by atoms with Crippen molar-refractivity contribution in [2.45, 2.75) is 6.92 Å². The van der Waals surface area contributed by atoms with Crippen LogP contribution in [-0.2, 0) is 0 Å². The molecule has 0 unspecified atom stereocenters. The van der Waals surface area contributed by atoms with Gasteiger partial charge in [0.05, 0.1) is 11.0 Å². The smallest absolute Gasteiger partial charge is 0.356 e. The molecule has 0 saturated heterocycles. The first-order valence-corrected chi connectivity index (χ1v) is 5.14. The van der Waals surface area contributed by atoms with Crippen molar-refractivity contribution < 1.29 is 19.2 Å². The molecule has 98 valence electrons. The van der Waals surface area contributed by atoms with Crippen LogP contribution in [-0.4, -0.2) is 25.8 Å². The van der Waals surface area contributed by atoms with Gasteiger partial charge in [0, 0.05) is 11.8 Å². The number of aryl methyl sites for hydroxylation is 1. The summed E-state index contributed by atoms with van der Waals surface area (Å²) >= 11 is 0. The Bertz CT molecular complexity index is 681. The number of aromatic nitrogens is 2. The molecule has 2 rings (SSSR count). The third-order valence-electron chi connectivity index (χ3n) is 2.48. The number of carbonyl (C=O) groups is 1. The predicted molar refractivity (Wildman–Crippen MR) is 61.9 cm³/mol. The Balaban J connectivity index is 2.53. The molecule has 0 aliphatic rings. The number of nitrogens with zero attached hydrogens (tertiary/aromatic N) is 3. The van der Waals surface area contributed by atoms with Gasteiger partial charge in [-0.1, -0.05) is 0 Å². The molecule has 19 heavy (non-hydrogen) atoms. The zero-order valence-electron chi connectivity index (χ0n) is 9.70. The SMILES string of the molecule is Cc1cc(C(=O)O)nn1-c1ccc([N+](=O)[O-])cc1F. The van der Waals surface area contributed by atoms with Crippen LogP contribution in [0.3, 0.4) is 0 Å². The Morgan fingerprint density at radius 1 is 1.47 bits per heavy atom. The zero-order chi connectivity index (χ0) is 14.2. The van der Waals surface area contributed by atoms with E-state index in [1.807, 2.05) is 0 Å². The average molecular weight is 265 g/mol. The van der Waals surface area contributed by atoms with Gasteiger partial charge in [-0.2, -0.15) is 5.10 Å². The van der Waals surface area contributed by atoms with Gasteiger partial charge in [-0.3, -0.25) is 10.1 Å². The molecular weight excluding hydrogens is 257 g/mol. The Hall–Kier alpha value is -2.77. The van der Waals surface area contributed by atoms with E-state index in [1.54, 1.807) is 6.92 Å². The molecule has 0 saturated carbocycles. The molecule has 1 aromatic carbocycles. The van der Waals surface area contributed by atoms with Gasteiger partial charge in [0.2, 0.25) is 0 Å². The lowest BCUT2D eigenvalue weighted by atomic mass is 10.2. The van der Waals surface area contributed by atoms with Crippen molar-refractivity contribution in [3.63, 3.8) is 0 Å². The maximum atomic E-state index is 13.8. The average Bonchev–Trinajstić information content (AvgIpc) is 2.71. The highest BCUT2D eigenvalue weighted by Gasteiger charge is 2.16. The summed E-state index contributed by atoms with van der Waals surface area (Å²) in [6.45, 7) is 1.56. The van der Waals surface area contributed by atoms with Crippen LogP contribution in [0.25, 0.3) is 5.69 Å². The maximum Gasteiger partial charge on any atom is 0.356 e. The van der Waals surface area contributed by atoms with Crippen molar-refractivity contribution in [2.24, 2.45) is 0 Å². The Morgan fingerprint density at radius 2 is 2.16 bits per heavy atom. The first-order chi connectivity index (χ1) is 8.90. The van der Waals surface area contributed by atoms with E-state index in [4.69, 9.17) is 5.11 Å². The number of nitro benzene ring substituents is 1. The Kier molecular flexibility index (Phi) is 2.99. The second kappa shape index (κ2) is 4.48. The lowest BCUT2D eigenvalue weighted by molar-refractivity contribution is -0.385. The standard InChI is InChI=1S/C11H8FN3O4/c1-6-4-9(11(16)17)13-14(6)10-3-2-7(15(18)19)5-8(10)12/h2-5H,1H3,(H,16,17). The topological polar surface area (TPSA) is 98.3 Å². The van der Waals surface area contributed by atoms with Gasteiger partial charge in [-0.15, -0.1) is 0 Å². The molecule has 1 aromatic heterocycles. The first-order valence-electron chi connectivity index (χ1n) is 5.14. The minimum absolute atomic E-state index is 0.0457. The second-order valence-electron chi connectivity index (χ2n) is 3.78. The molecule has 1 N–H and O–H groups in total. The molecule has 0 radical (unpaired) electrons. The fraction of sp³-hybridized carbons (Fsp3) is 0.0909. The van der Waals surface area contributed by atoms with Crippen LogP contribution in [0.15, 0.2) is 24.3 Å². The lowest BCUT2D eigenvalue weighted by Gasteiger charge is -2.05. The fourth-order valence-corrected chi connectivity index (χ4v) is 1.60. The number of benzene rings is 1. The summed E-state index contributed by atoms with van der Waals surface area (Å²) in [7, 11) is 0. The van der Waals surface area contributed by atoms with Crippen LogP contribution in [0.5, 0.6) is 0 Å². The first kappa shape index (κ1) is 12.7. The number of carboxylic acids is 1. The van der Waals surface area contributed by atoms with E-state index >= 15 is 0 Å². The van der Waals surface area contributed by atoms with E-state index in [-0.39, 0.29) is 17.1 Å². The quantitative estimate of drug-likeness (QED) is 0.675. The molecule has 0 spiro atoms. The Labute approximate surface area is 106 Å². The van der Waals surface area contributed by atoms with Crippen LogP contribution in [0, 0.1) is 22.9 Å². The Morgan fingerprint density at radius 3 is 2.63 bits per heavy atom. The van der Waals surface area contributed by atoms with Gasteiger partial charge < -0.3 is 5.11 Å². The summed E-state index contributed by atoms with van der Waals surface area (Å²) in [5.74, 6) is -2.08. The molecule has 0 aliphatic carbocycles. The fourth-order valence-electron chi connectivity index (χ4n) is 1.60. The maximum absolute atomic E-state index is 13.8. The van der Waals surface area contributed by atoms with Crippen molar-refractivity contribution >= 4 is 11.7 Å². The van der Waals surface area contributed by atoms with Crippen molar-refractivity contribution in [1.29, 1.82) is 0 Å². The largest absolute Gasteiger partial charge is 0.476 e. The van der Waals surface area contributed by atoms with Gasteiger partial charge in [-0.05, 0) is 19.1 Å². The normalized spacial score (nSPS) is 10.4. The molecular formula is C11H8FN3O4. The van der Waals surface area contributed by atoms with Gasteiger partial charge in [0.1, 0.15) is 5.69 Å². The summed E-state index contributed by atoms with van der Waals surface area (Å²) in [5.41, 5.74) is -0.250. The second-order valence-corrected chi connectivity index (χ2v) is 3.78. The highest BCUT2D eigenvalue weighted by Crippen LogP contribution is 2.21. The van der Waals surface area contributed by atoms with Crippen molar-refractivity contribution in [3.05, 3.63) is 51.6 Å². The van der Waals surface area contributed by atoms with Gasteiger partial charge in [0.15, 0.2) is 11.5 Å². The van der Waals surface area contributed by atoms with E-state index in [0.717, 1.165) is 16.8 Å².